The molecule has 174 valence electrons. The molecule has 3 aromatic carbocycles. The van der Waals surface area contributed by atoms with Gasteiger partial charge in [-0.25, -0.2) is 5.43 Å². The van der Waals surface area contributed by atoms with E-state index in [0.717, 1.165) is 16.8 Å². The first-order valence-electron chi connectivity index (χ1n) is 10.1. The summed E-state index contributed by atoms with van der Waals surface area (Å²) < 4.78 is 5.52. The van der Waals surface area contributed by atoms with Crippen LogP contribution in [0.2, 0.25) is 5.02 Å². The zero-order valence-corrected chi connectivity index (χ0v) is 19.1. The highest BCUT2D eigenvalue weighted by Crippen LogP contribution is 2.25. The van der Waals surface area contributed by atoms with Crippen LogP contribution < -0.4 is 15.5 Å². The molecule has 0 unspecified atom stereocenters. The van der Waals surface area contributed by atoms with E-state index in [9.17, 15) is 19.7 Å². The van der Waals surface area contributed by atoms with E-state index in [2.05, 4.69) is 15.8 Å². The predicted molar refractivity (Wildman–Crippen MR) is 130 cm³/mol. The number of nitro groups is 1. The number of aryl methyl sites for hydroxylation is 1. The van der Waals surface area contributed by atoms with Gasteiger partial charge in [0.15, 0.2) is 6.61 Å². The number of rotatable bonds is 8. The third kappa shape index (κ3) is 6.39. The number of ether oxygens (including phenoxy) is 1. The Morgan fingerprint density at radius 3 is 2.53 bits per heavy atom. The molecule has 34 heavy (non-hydrogen) atoms. The number of hydrazone groups is 1. The third-order valence-electron chi connectivity index (χ3n) is 4.91. The molecule has 2 N–H and O–H groups in total. The molecule has 0 aliphatic heterocycles. The molecule has 3 aromatic rings. The minimum Gasteiger partial charge on any atom is -0.482 e. The van der Waals surface area contributed by atoms with E-state index in [4.69, 9.17) is 16.3 Å². The highest BCUT2D eigenvalue weighted by Gasteiger charge is 2.10. The molecule has 9 nitrogen and oxygen atoms in total. The van der Waals surface area contributed by atoms with Crippen molar-refractivity contribution in [3.63, 3.8) is 0 Å². The van der Waals surface area contributed by atoms with Crippen molar-refractivity contribution in [1.29, 1.82) is 0 Å². The van der Waals surface area contributed by atoms with Crippen LogP contribution in [0.5, 0.6) is 5.75 Å². The fraction of sp³-hybridized carbons (Fsp3) is 0.125. The summed E-state index contributed by atoms with van der Waals surface area (Å²) in [5.74, 6) is -0.513. The second-order valence-corrected chi connectivity index (χ2v) is 7.68. The number of halogens is 1. The molecule has 0 spiro atoms. The molecule has 0 radical (unpaired) electrons. The first-order chi connectivity index (χ1) is 16.2. The molecule has 2 amide bonds. The molecule has 10 heteroatoms. The number of nitro benzene ring substituents is 1. The van der Waals surface area contributed by atoms with Crippen molar-refractivity contribution < 1.29 is 19.2 Å². The number of anilines is 1. The van der Waals surface area contributed by atoms with Gasteiger partial charge in [0, 0.05) is 23.4 Å². The number of amides is 2. The summed E-state index contributed by atoms with van der Waals surface area (Å²) in [6, 6.07) is 15.6. The average molecular weight is 481 g/mol. The summed E-state index contributed by atoms with van der Waals surface area (Å²) >= 11 is 6.24. The van der Waals surface area contributed by atoms with Crippen LogP contribution in [-0.4, -0.2) is 29.6 Å². The lowest BCUT2D eigenvalue weighted by Gasteiger charge is -2.12. The van der Waals surface area contributed by atoms with Gasteiger partial charge in [0.05, 0.1) is 16.2 Å². The van der Waals surface area contributed by atoms with Crippen molar-refractivity contribution in [3.05, 3.63) is 98.1 Å². The number of hydrogen-bond donors (Lipinski definition) is 2. The van der Waals surface area contributed by atoms with Gasteiger partial charge in [0.25, 0.3) is 17.5 Å². The van der Waals surface area contributed by atoms with Crippen molar-refractivity contribution in [2.24, 2.45) is 5.10 Å². The summed E-state index contributed by atoms with van der Waals surface area (Å²) in [5.41, 5.74) is 5.81. The number of nitrogens with one attached hydrogen (secondary N) is 2. The standard InChI is InChI=1S/C24H21ClN4O5/c1-15-4-3-5-21(16(15)2)27-23(30)14-34-22-11-6-17(12-20(22)25)13-26-28-24(31)18-7-9-19(10-8-18)29(32)33/h3-13H,14H2,1-2H3,(H,27,30)(H,28,31)/b26-13+. The topological polar surface area (TPSA) is 123 Å². The first-order valence-corrected chi connectivity index (χ1v) is 10.5. The van der Waals surface area contributed by atoms with Gasteiger partial charge in [-0.2, -0.15) is 5.10 Å². The van der Waals surface area contributed by atoms with Gasteiger partial charge in [0.2, 0.25) is 0 Å². The number of non-ortho nitro benzene ring substituents is 1. The molecule has 0 aliphatic rings. The normalized spacial score (nSPS) is 10.7. The molecule has 0 saturated carbocycles. The van der Waals surface area contributed by atoms with E-state index < -0.39 is 10.8 Å². The van der Waals surface area contributed by atoms with Gasteiger partial charge < -0.3 is 10.1 Å². The molecule has 0 bridgehead atoms. The van der Waals surface area contributed by atoms with Crippen molar-refractivity contribution in [2.75, 3.05) is 11.9 Å². The minimum atomic E-state index is -0.547. The molecular formula is C24H21ClN4O5. The van der Waals surface area contributed by atoms with Crippen molar-refractivity contribution in [2.45, 2.75) is 13.8 Å². The van der Waals surface area contributed by atoms with Crippen LogP contribution in [-0.2, 0) is 4.79 Å². The Kier molecular flexibility index (Phi) is 7.94. The lowest BCUT2D eigenvalue weighted by Crippen LogP contribution is -2.21. The Morgan fingerprint density at radius 1 is 1.12 bits per heavy atom. The maximum Gasteiger partial charge on any atom is 0.271 e. The third-order valence-corrected chi connectivity index (χ3v) is 5.21. The largest absolute Gasteiger partial charge is 0.482 e. The van der Waals surface area contributed by atoms with Crippen molar-refractivity contribution in [3.8, 4) is 5.75 Å². The van der Waals surface area contributed by atoms with Gasteiger partial charge >= 0.3 is 0 Å². The quantitative estimate of drug-likeness (QED) is 0.276. The maximum atomic E-state index is 12.2. The van der Waals surface area contributed by atoms with Gasteiger partial charge in [-0.05, 0) is 66.9 Å². The smallest absolute Gasteiger partial charge is 0.271 e. The van der Waals surface area contributed by atoms with Gasteiger partial charge in [-0.1, -0.05) is 23.7 Å². The summed E-state index contributed by atoms with van der Waals surface area (Å²) in [4.78, 5) is 34.4. The predicted octanol–water partition coefficient (Wildman–Crippen LogP) is 4.65. The Morgan fingerprint density at radius 2 is 1.85 bits per heavy atom. The Labute approximate surface area is 200 Å². The summed E-state index contributed by atoms with van der Waals surface area (Å²) in [6.45, 7) is 3.68. The van der Waals surface area contributed by atoms with Crippen LogP contribution in [0.15, 0.2) is 65.8 Å². The average Bonchev–Trinajstić information content (AvgIpc) is 2.81. The van der Waals surface area contributed by atoms with Crippen LogP contribution in [0.3, 0.4) is 0 Å². The number of carbonyl (C=O) groups excluding carboxylic acids is 2. The fourth-order valence-corrected chi connectivity index (χ4v) is 3.14. The van der Waals surface area contributed by atoms with E-state index in [0.29, 0.717) is 11.3 Å². The Balaban J connectivity index is 1.53. The lowest BCUT2D eigenvalue weighted by atomic mass is 10.1. The van der Waals surface area contributed by atoms with Gasteiger partial charge in [0.1, 0.15) is 5.75 Å². The van der Waals surface area contributed by atoms with Crippen LogP contribution >= 0.6 is 11.6 Å². The fourth-order valence-electron chi connectivity index (χ4n) is 2.90. The van der Waals surface area contributed by atoms with Gasteiger partial charge in [-0.3, -0.25) is 19.7 Å². The van der Waals surface area contributed by atoms with E-state index in [1.165, 1.54) is 30.5 Å². The molecule has 0 atom stereocenters. The van der Waals surface area contributed by atoms with Crippen LogP contribution in [0.25, 0.3) is 0 Å². The highest BCUT2D eigenvalue weighted by atomic mass is 35.5. The van der Waals surface area contributed by atoms with E-state index in [1.54, 1.807) is 18.2 Å². The second-order valence-electron chi connectivity index (χ2n) is 7.28. The van der Waals surface area contributed by atoms with E-state index >= 15 is 0 Å². The SMILES string of the molecule is Cc1cccc(NC(=O)COc2ccc(/C=N/NC(=O)c3ccc([N+](=O)[O-])cc3)cc2Cl)c1C. The van der Waals surface area contributed by atoms with Gasteiger partial charge in [-0.15, -0.1) is 0 Å². The Hall–Kier alpha value is -4.24. The van der Waals surface area contributed by atoms with Crippen LogP contribution in [0.4, 0.5) is 11.4 Å². The van der Waals surface area contributed by atoms with Crippen LogP contribution in [0.1, 0.15) is 27.0 Å². The van der Waals surface area contributed by atoms with Crippen LogP contribution in [0, 0.1) is 24.0 Å². The van der Waals surface area contributed by atoms with E-state index in [-0.39, 0.29) is 28.8 Å². The number of benzene rings is 3. The monoisotopic (exact) mass is 480 g/mol. The molecule has 0 aliphatic carbocycles. The maximum absolute atomic E-state index is 12.2. The minimum absolute atomic E-state index is 0.111. The zero-order valence-electron chi connectivity index (χ0n) is 18.4. The number of hydrogen-bond acceptors (Lipinski definition) is 6. The van der Waals surface area contributed by atoms with E-state index in [1.807, 2.05) is 32.0 Å². The van der Waals surface area contributed by atoms with Crippen molar-refractivity contribution >= 4 is 41.0 Å². The van der Waals surface area contributed by atoms with Crippen molar-refractivity contribution in [1.82, 2.24) is 5.43 Å². The highest BCUT2D eigenvalue weighted by molar-refractivity contribution is 6.32. The molecule has 0 aromatic heterocycles. The molecule has 3 rings (SSSR count). The zero-order chi connectivity index (χ0) is 24.7. The first kappa shape index (κ1) is 24.4. The summed E-state index contributed by atoms with van der Waals surface area (Å²) in [6.07, 6.45) is 1.38. The number of carbonyl (C=O) groups is 2. The molecular weight excluding hydrogens is 460 g/mol. The summed E-state index contributed by atoms with van der Waals surface area (Å²) in [5, 5.41) is 17.6. The number of nitrogens with zero attached hydrogens (tertiary/aromatic N) is 2. The molecule has 0 fully saturated rings. The molecule has 0 heterocycles. The summed E-state index contributed by atoms with van der Waals surface area (Å²) in [7, 11) is 0. The lowest BCUT2D eigenvalue weighted by molar-refractivity contribution is -0.384. The second kappa shape index (κ2) is 11.1. The molecule has 0 saturated heterocycles. The Bertz CT molecular complexity index is 1260.